The van der Waals surface area contributed by atoms with Gasteiger partial charge in [0.15, 0.2) is 0 Å². The normalized spacial score (nSPS) is 42.2. The molecule has 0 bridgehead atoms. The molecule has 1 saturated carbocycles. The Morgan fingerprint density at radius 3 is 2.17 bits per heavy atom. The Labute approximate surface area is 113 Å². The molecule has 0 aromatic carbocycles. The van der Waals surface area contributed by atoms with E-state index < -0.39 is 0 Å². The Hall–Kier alpha value is -0.0800. The standard InChI is InChI=1S/C16H31NO/c1-12-5-6-14(18-12)11-16(17)9-7-13(8-10-16)15(2,3)4/h12-14H,5-11,17H2,1-4H3. The first-order valence-electron chi connectivity index (χ1n) is 7.73. The summed E-state index contributed by atoms with van der Waals surface area (Å²) in [6.45, 7) is 9.27. The van der Waals surface area contributed by atoms with Gasteiger partial charge in [-0.15, -0.1) is 0 Å². The van der Waals surface area contributed by atoms with E-state index in [1.165, 1.54) is 38.5 Å². The molecule has 2 rings (SSSR count). The number of hydrogen-bond donors (Lipinski definition) is 1. The van der Waals surface area contributed by atoms with E-state index in [1.807, 2.05) is 0 Å². The number of hydrogen-bond acceptors (Lipinski definition) is 2. The molecule has 0 aromatic rings. The molecule has 0 aromatic heterocycles. The van der Waals surface area contributed by atoms with Crippen molar-refractivity contribution < 1.29 is 4.74 Å². The highest BCUT2D eigenvalue weighted by Gasteiger charge is 2.38. The third kappa shape index (κ3) is 3.48. The molecular weight excluding hydrogens is 222 g/mol. The molecule has 2 heteroatoms. The van der Waals surface area contributed by atoms with Crippen LogP contribution < -0.4 is 5.73 Å². The lowest BCUT2D eigenvalue weighted by Gasteiger charge is -2.43. The van der Waals surface area contributed by atoms with Crippen molar-refractivity contribution in [1.29, 1.82) is 0 Å². The smallest absolute Gasteiger partial charge is 0.0597 e. The van der Waals surface area contributed by atoms with Gasteiger partial charge in [0, 0.05) is 5.54 Å². The van der Waals surface area contributed by atoms with Gasteiger partial charge in [-0.3, -0.25) is 0 Å². The maximum atomic E-state index is 6.61. The summed E-state index contributed by atoms with van der Waals surface area (Å²) in [4.78, 5) is 0. The molecule has 106 valence electrons. The zero-order chi connectivity index (χ0) is 13.4. The van der Waals surface area contributed by atoms with Crippen molar-refractivity contribution in [3.8, 4) is 0 Å². The first-order valence-corrected chi connectivity index (χ1v) is 7.73. The lowest BCUT2D eigenvalue weighted by atomic mass is 9.66. The minimum Gasteiger partial charge on any atom is -0.375 e. The molecular formula is C16H31NO. The minimum atomic E-state index is 0.0521. The molecule has 2 N–H and O–H groups in total. The fourth-order valence-electron chi connectivity index (χ4n) is 3.75. The maximum Gasteiger partial charge on any atom is 0.0597 e. The van der Waals surface area contributed by atoms with Crippen LogP contribution in [0.25, 0.3) is 0 Å². The summed E-state index contributed by atoms with van der Waals surface area (Å²) in [5, 5.41) is 0. The Balaban J connectivity index is 1.83. The van der Waals surface area contributed by atoms with Crippen LogP contribution in [0.2, 0.25) is 0 Å². The fourth-order valence-corrected chi connectivity index (χ4v) is 3.75. The molecule has 0 radical (unpaired) electrons. The van der Waals surface area contributed by atoms with Crippen LogP contribution in [0.1, 0.15) is 72.6 Å². The summed E-state index contributed by atoms with van der Waals surface area (Å²) in [7, 11) is 0. The van der Waals surface area contributed by atoms with Gasteiger partial charge in [0.1, 0.15) is 0 Å². The summed E-state index contributed by atoms with van der Waals surface area (Å²) in [5.41, 5.74) is 7.11. The Kier molecular flexibility index (Phi) is 4.08. The van der Waals surface area contributed by atoms with Crippen LogP contribution in [0.3, 0.4) is 0 Å². The van der Waals surface area contributed by atoms with E-state index in [4.69, 9.17) is 10.5 Å². The van der Waals surface area contributed by atoms with Gasteiger partial charge >= 0.3 is 0 Å². The third-order valence-corrected chi connectivity index (χ3v) is 5.16. The maximum absolute atomic E-state index is 6.61. The number of nitrogens with two attached hydrogens (primary N) is 1. The van der Waals surface area contributed by atoms with Gasteiger partial charge in [-0.25, -0.2) is 0 Å². The van der Waals surface area contributed by atoms with Gasteiger partial charge in [-0.05, 0) is 63.2 Å². The van der Waals surface area contributed by atoms with Gasteiger partial charge in [0.25, 0.3) is 0 Å². The van der Waals surface area contributed by atoms with Crippen LogP contribution in [-0.2, 0) is 4.74 Å². The van der Waals surface area contributed by atoms with Crippen molar-refractivity contribution >= 4 is 0 Å². The van der Waals surface area contributed by atoms with E-state index in [9.17, 15) is 0 Å². The van der Waals surface area contributed by atoms with Crippen LogP contribution in [0, 0.1) is 11.3 Å². The second-order valence-electron chi connectivity index (χ2n) is 7.85. The zero-order valence-electron chi connectivity index (χ0n) is 12.7. The summed E-state index contributed by atoms with van der Waals surface area (Å²) < 4.78 is 5.94. The molecule has 2 aliphatic rings. The largest absolute Gasteiger partial charge is 0.375 e. The van der Waals surface area contributed by atoms with E-state index in [0.717, 1.165) is 12.3 Å². The highest BCUT2D eigenvalue weighted by molar-refractivity contribution is 4.95. The number of ether oxygens (including phenoxy) is 1. The third-order valence-electron chi connectivity index (χ3n) is 5.16. The molecule has 2 atom stereocenters. The van der Waals surface area contributed by atoms with Crippen molar-refractivity contribution in [2.45, 2.75) is 90.4 Å². The van der Waals surface area contributed by atoms with Crippen molar-refractivity contribution in [2.75, 3.05) is 0 Å². The quantitative estimate of drug-likeness (QED) is 0.810. The first kappa shape index (κ1) is 14.3. The molecule has 2 unspecified atom stereocenters. The van der Waals surface area contributed by atoms with Crippen molar-refractivity contribution in [3.05, 3.63) is 0 Å². The molecule has 0 amide bonds. The molecule has 0 spiro atoms. The second-order valence-corrected chi connectivity index (χ2v) is 7.85. The second kappa shape index (κ2) is 5.13. The molecule has 1 aliphatic heterocycles. The highest BCUT2D eigenvalue weighted by Crippen LogP contribution is 2.42. The minimum absolute atomic E-state index is 0.0521. The van der Waals surface area contributed by atoms with Crippen LogP contribution in [0.5, 0.6) is 0 Å². The van der Waals surface area contributed by atoms with Crippen LogP contribution in [-0.4, -0.2) is 17.7 Å². The van der Waals surface area contributed by atoms with Gasteiger partial charge < -0.3 is 10.5 Å². The van der Waals surface area contributed by atoms with Crippen molar-refractivity contribution in [1.82, 2.24) is 0 Å². The zero-order valence-corrected chi connectivity index (χ0v) is 12.7. The molecule has 2 nitrogen and oxygen atoms in total. The van der Waals surface area contributed by atoms with Crippen LogP contribution in [0.4, 0.5) is 0 Å². The predicted octanol–water partition coefficient (Wildman–Crippen LogP) is 3.88. The van der Waals surface area contributed by atoms with Gasteiger partial charge in [-0.1, -0.05) is 20.8 Å². The molecule has 1 aliphatic carbocycles. The van der Waals surface area contributed by atoms with E-state index in [1.54, 1.807) is 0 Å². The van der Waals surface area contributed by atoms with E-state index in [2.05, 4.69) is 27.7 Å². The Bertz CT molecular complexity index is 273. The lowest BCUT2D eigenvalue weighted by molar-refractivity contribution is 0.0240. The Morgan fingerprint density at radius 2 is 1.72 bits per heavy atom. The summed E-state index contributed by atoms with van der Waals surface area (Å²) in [5.74, 6) is 0.845. The Morgan fingerprint density at radius 1 is 1.11 bits per heavy atom. The van der Waals surface area contributed by atoms with E-state index in [-0.39, 0.29) is 5.54 Å². The summed E-state index contributed by atoms with van der Waals surface area (Å²) in [6.07, 6.45) is 9.33. The summed E-state index contributed by atoms with van der Waals surface area (Å²) >= 11 is 0. The predicted molar refractivity (Wildman–Crippen MR) is 76.5 cm³/mol. The summed E-state index contributed by atoms with van der Waals surface area (Å²) in [6, 6.07) is 0. The van der Waals surface area contributed by atoms with E-state index >= 15 is 0 Å². The molecule has 18 heavy (non-hydrogen) atoms. The fraction of sp³-hybridized carbons (Fsp3) is 1.00. The topological polar surface area (TPSA) is 35.2 Å². The van der Waals surface area contributed by atoms with Gasteiger partial charge in [0.2, 0.25) is 0 Å². The van der Waals surface area contributed by atoms with Crippen molar-refractivity contribution in [2.24, 2.45) is 17.1 Å². The highest BCUT2D eigenvalue weighted by atomic mass is 16.5. The van der Waals surface area contributed by atoms with Crippen LogP contribution >= 0.6 is 0 Å². The van der Waals surface area contributed by atoms with Crippen molar-refractivity contribution in [3.63, 3.8) is 0 Å². The number of rotatable bonds is 2. The monoisotopic (exact) mass is 253 g/mol. The average Bonchev–Trinajstić information content (AvgIpc) is 2.62. The molecule has 2 fully saturated rings. The lowest BCUT2D eigenvalue weighted by Crippen LogP contribution is -2.47. The average molecular weight is 253 g/mol. The first-order chi connectivity index (χ1) is 8.28. The van der Waals surface area contributed by atoms with Gasteiger partial charge in [0.05, 0.1) is 12.2 Å². The van der Waals surface area contributed by atoms with Crippen LogP contribution in [0.15, 0.2) is 0 Å². The molecule has 1 heterocycles. The van der Waals surface area contributed by atoms with Gasteiger partial charge in [-0.2, -0.15) is 0 Å². The SMILES string of the molecule is CC1CCC(CC2(N)CCC(C(C)(C)C)CC2)O1. The van der Waals surface area contributed by atoms with E-state index in [0.29, 0.717) is 17.6 Å². The molecule has 1 saturated heterocycles.